The maximum absolute atomic E-state index is 12.0. The Hall–Kier alpha value is -1.07. The highest BCUT2D eigenvalue weighted by molar-refractivity contribution is 7.99. The first-order chi connectivity index (χ1) is 8.64. The monoisotopic (exact) mass is 265 g/mol. The van der Waals surface area contributed by atoms with E-state index in [0.717, 1.165) is 17.9 Å². The summed E-state index contributed by atoms with van der Waals surface area (Å²) in [5, 5.41) is 3.01. The highest BCUT2D eigenvalue weighted by atomic mass is 32.2. The molecule has 0 aliphatic carbocycles. The van der Waals surface area contributed by atoms with Crippen LogP contribution in [0.2, 0.25) is 0 Å². The number of likely N-dealkylation sites (N-methyl/N-ethyl adjacent to an activating group) is 1. The Morgan fingerprint density at radius 3 is 2.94 bits per heavy atom. The van der Waals surface area contributed by atoms with Gasteiger partial charge >= 0.3 is 0 Å². The highest BCUT2D eigenvalue weighted by Crippen LogP contribution is 2.31. The molecule has 1 unspecified atom stereocenters. The van der Waals surface area contributed by atoms with Crippen molar-refractivity contribution in [2.75, 3.05) is 32.1 Å². The molecule has 0 bridgehead atoms. The number of carbonyl (C=O) groups excluding carboxylic acids is 1. The highest BCUT2D eigenvalue weighted by Gasteiger charge is 2.36. The van der Waals surface area contributed by atoms with Gasteiger partial charge in [-0.2, -0.15) is 11.8 Å². The summed E-state index contributed by atoms with van der Waals surface area (Å²) in [5.74, 6) is 2.15. The lowest BCUT2D eigenvalue weighted by Gasteiger charge is -2.35. The van der Waals surface area contributed by atoms with Crippen LogP contribution >= 0.6 is 11.8 Å². The Labute approximate surface area is 112 Å². The van der Waals surface area contributed by atoms with Gasteiger partial charge < -0.3 is 10.2 Å². The molecule has 1 aromatic rings. The molecule has 98 valence electrons. The zero-order chi connectivity index (χ0) is 13.0. The van der Waals surface area contributed by atoms with E-state index in [1.807, 2.05) is 23.9 Å². The molecule has 0 radical (unpaired) electrons. The molecule has 1 aliphatic rings. The SMILES string of the molecule is CN(C)C1(CNC(=O)c2ccccn2)CCSC1. The average molecular weight is 265 g/mol. The first-order valence-electron chi connectivity index (χ1n) is 6.08. The predicted molar refractivity (Wildman–Crippen MR) is 74.9 cm³/mol. The second-order valence-electron chi connectivity index (χ2n) is 4.82. The largest absolute Gasteiger partial charge is 0.349 e. The van der Waals surface area contributed by atoms with Crippen LogP contribution in [0.1, 0.15) is 16.9 Å². The van der Waals surface area contributed by atoms with Crippen molar-refractivity contribution in [1.82, 2.24) is 15.2 Å². The summed E-state index contributed by atoms with van der Waals surface area (Å²) in [4.78, 5) is 18.3. The van der Waals surface area contributed by atoms with Crippen molar-refractivity contribution in [3.8, 4) is 0 Å². The van der Waals surface area contributed by atoms with E-state index in [-0.39, 0.29) is 11.4 Å². The van der Waals surface area contributed by atoms with Crippen molar-refractivity contribution >= 4 is 17.7 Å². The number of hydrogen-bond acceptors (Lipinski definition) is 4. The molecule has 1 aliphatic heterocycles. The van der Waals surface area contributed by atoms with Gasteiger partial charge in [-0.3, -0.25) is 9.78 Å². The van der Waals surface area contributed by atoms with Crippen molar-refractivity contribution < 1.29 is 4.79 Å². The summed E-state index contributed by atoms with van der Waals surface area (Å²) in [5.41, 5.74) is 0.576. The van der Waals surface area contributed by atoms with Gasteiger partial charge in [-0.1, -0.05) is 6.07 Å². The van der Waals surface area contributed by atoms with E-state index < -0.39 is 0 Å². The van der Waals surface area contributed by atoms with E-state index in [9.17, 15) is 4.79 Å². The lowest BCUT2D eigenvalue weighted by atomic mass is 9.97. The normalized spacial score (nSPS) is 23.3. The number of nitrogens with one attached hydrogen (secondary N) is 1. The van der Waals surface area contributed by atoms with Gasteiger partial charge in [0.1, 0.15) is 5.69 Å². The van der Waals surface area contributed by atoms with Crippen LogP contribution in [0.4, 0.5) is 0 Å². The average Bonchev–Trinajstić information content (AvgIpc) is 2.87. The van der Waals surface area contributed by atoms with E-state index in [2.05, 4.69) is 29.3 Å². The van der Waals surface area contributed by atoms with Crippen molar-refractivity contribution in [2.24, 2.45) is 0 Å². The van der Waals surface area contributed by atoms with Crippen molar-refractivity contribution in [2.45, 2.75) is 12.0 Å². The topological polar surface area (TPSA) is 45.2 Å². The molecule has 1 amide bonds. The lowest BCUT2D eigenvalue weighted by Crippen LogP contribution is -2.53. The summed E-state index contributed by atoms with van der Waals surface area (Å²) < 4.78 is 0. The van der Waals surface area contributed by atoms with Crippen LogP contribution in [0.25, 0.3) is 0 Å². The fraction of sp³-hybridized carbons (Fsp3) is 0.538. The van der Waals surface area contributed by atoms with Crippen LogP contribution in [0.5, 0.6) is 0 Å². The van der Waals surface area contributed by atoms with Gasteiger partial charge in [-0.25, -0.2) is 0 Å². The van der Waals surface area contributed by atoms with Crippen LogP contribution < -0.4 is 5.32 Å². The molecule has 18 heavy (non-hydrogen) atoms. The summed E-state index contributed by atoms with van der Waals surface area (Å²) in [7, 11) is 4.16. The van der Waals surface area contributed by atoms with Gasteiger partial charge in [0, 0.05) is 24.0 Å². The standard InChI is InChI=1S/C13H19N3OS/c1-16(2)13(6-8-18-10-13)9-15-12(17)11-5-3-4-7-14-11/h3-5,7H,6,8-10H2,1-2H3,(H,15,17). The molecule has 2 heterocycles. The minimum Gasteiger partial charge on any atom is -0.349 e. The number of rotatable bonds is 4. The quantitative estimate of drug-likeness (QED) is 0.890. The fourth-order valence-electron chi connectivity index (χ4n) is 2.08. The molecule has 1 fully saturated rings. The number of carbonyl (C=O) groups is 1. The van der Waals surface area contributed by atoms with E-state index in [0.29, 0.717) is 12.2 Å². The maximum atomic E-state index is 12.0. The molecule has 1 aromatic heterocycles. The van der Waals surface area contributed by atoms with Crippen LogP contribution in [0.15, 0.2) is 24.4 Å². The molecule has 4 nitrogen and oxygen atoms in total. The van der Waals surface area contributed by atoms with Crippen LogP contribution in [-0.2, 0) is 0 Å². The Kier molecular flexibility index (Phi) is 4.24. The van der Waals surface area contributed by atoms with Crippen LogP contribution in [0.3, 0.4) is 0 Å². The number of nitrogens with zero attached hydrogens (tertiary/aromatic N) is 2. The Bertz CT molecular complexity index is 402. The summed E-state index contributed by atoms with van der Waals surface area (Å²) >= 11 is 1.95. The zero-order valence-corrected chi connectivity index (χ0v) is 11.7. The van der Waals surface area contributed by atoms with E-state index >= 15 is 0 Å². The number of thioether (sulfide) groups is 1. The van der Waals surface area contributed by atoms with Crippen molar-refractivity contribution in [3.05, 3.63) is 30.1 Å². The summed E-state index contributed by atoms with van der Waals surface area (Å²) in [6, 6.07) is 5.38. The van der Waals surface area contributed by atoms with Gasteiger partial charge in [0.2, 0.25) is 0 Å². The molecule has 1 atom stereocenters. The second kappa shape index (κ2) is 5.71. The molecule has 5 heteroatoms. The third-order valence-corrected chi connectivity index (χ3v) is 4.74. The maximum Gasteiger partial charge on any atom is 0.269 e. The Morgan fingerprint density at radius 2 is 2.39 bits per heavy atom. The van der Waals surface area contributed by atoms with Gasteiger partial charge in [-0.05, 0) is 38.4 Å². The molecule has 0 spiro atoms. The zero-order valence-electron chi connectivity index (χ0n) is 10.8. The molecule has 2 rings (SSSR count). The van der Waals surface area contributed by atoms with Gasteiger partial charge in [0.05, 0.1) is 0 Å². The van der Waals surface area contributed by atoms with Crippen molar-refractivity contribution in [3.63, 3.8) is 0 Å². The number of pyridine rings is 1. The molecular formula is C13H19N3OS. The number of hydrogen-bond donors (Lipinski definition) is 1. The third-order valence-electron chi connectivity index (χ3n) is 3.51. The van der Waals surface area contributed by atoms with Gasteiger partial charge in [0.25, 0.3) is 5.91 Å². The summed E-state index contributed by atoms with van der Waals surface area (Å²) in [6.07, 6.45) is 2.76. The minimum absolute atomic E-state index is 0.0891. The first kappa shape index (κ1) is 13.4. The van der Waals surface area contributed by atoms with Gasteiger partial charge in [-0.15, -0.1) is 0 Å². The Balaban J connectivity index is 1.96. The van der Waals surface area contributed by atoms with E-state index in [1.54, 1.807) is 12.3 Å². The van der Waals surface area contributed by atoms with E-state index in [4.69, 9.17) is 0 Å². The number of amides is 1. The predicted octanol–water partition coefficient (Wildman–Crippen LogP) is 1.25. The van der Waals surface area contributed by atoms with Gasteiger partial charge in [0.15, 0.2) is 0 Å². The smallest absolute Gasteiger partial charge is 0.269 e. The molecule has 0 saturated carbocycles. The molecule has 1 N–H and O–H groups in total. The summed E-state index contributed by atoms with van der Waals surface area (Å²) in [6.45, 7) is 0.683. The van der Waals surface area contributed by atoms with Crippen molar-refractivity contribution in [1.29, 1.82) is 0 Å². The second-order valence-corrected chi connectivity index (χ2v) is 5.92. The lowest BCUT2D eigenvalue weighted by molar-refractivity contribution is 0.0909. The van der Waals surface area contributed by atoms with Crippen LogP contribution in [0, 0.1) is 0 Å². The third kappa shape index (κ3) is 2.84. The Morgan fingerprint density at radius 1 is 1.56 bits per heavy atom. The molecule has 1 saturated heterocycles. The number of aromatic nitrogens is 1. The van der Waals surface area contributed by atoms with E-state index in [1.165, 1.54) is 0 Å². The minimum atomic E-state index is -0.0891. The molecular weight excluding hydrogens is 246 g/mol. The van der Waals surface area contributed by atoms with Crippen LogP contribution in [-0.4, -0.2) is 53.5 Å². The first-order valence-corrected chi connectivity index (χ1v) is 7.24. The fourth-order valence-corrected chi connectivity index (χ4v) is 3.63. The molecule has 0 aromatic carbocycles.